The van der Waals surface area contributed by atoms with E-state index in [-0.39, 0.29) is 24.0 Å². The van der Waals surface area contributed by atoms with Crippen molar-refractivity contribution in [2.24, 2.45) is 0 Å². The quantitative estimate of drug-likeness (QED) is 0.889. The van der Waals surface area contributed by atoms with Crippen LogP contribution in [0.3, 0.4) is 0 Å². The van der Waals surface area contributed by atoms with E-state index in [0.717, 1.165) is 25.7 Å². The smallest absolute Gasteiger partial charge is 0.317 e. The molecule has 0 radical (unpaired) electrons. The summed E-state index contributed by atoms with van der Waals surface area (Å²) >= 11 is 1.50. The molecule has 3 amide bonds. The summed E-state index contributed by atoms with van der Waals surface area (Å²) in [5, 5.41) is 9.52. The lowest BCUT2D eigenvalue weighted by molar-refractivity contribution is 0.0917. The monoisotopic (exact) mass is 339 g/mol. The predicted molar refractivity (Wildman–Crippen MR) is 87.4 cm³/mol. The number of nitrogens with one attached hydrogen (secondary N) is 2. The third-order valence-electron chi connectivity index (χ3n) is 4.64. The maximum Gasteiger partial charge on any atom is 0.317 e. The Morgan fingerprint density at radius 2 is 1.96 bits per heavy atom. The fraction of sp³-hybridized carbons (Fsp3) is 0.625. The molecule has 23 heavy (non-hydrogen) atoms. The molecule has 1 saturated carbocycles. The number of urea groups is 1. The molecule has 1 aliphatic heterocycles. The number of piperidine rings is 1. The molecular weight excluding hydrogens is 317 g/mol. The standard InChI is InChI=1S/C16H22FN3O2S/c17-13-2-1-3-14(13)19-16(22)20-7-4-12(5-8-20)18-15(21)11-6-9-23-10-11/h6,9-10,12-14H,1-5,7-8H2,(H,18,21)(H,19,22)/t13-,14+/m1/s1. The Morgan fingerprint density at radius 1 is 1.17 bits per heavy atom. The summed E-state index contributed by atoms with van der Waals surface area (Å²) in [7, 11) is 0. The second-order valence-electron chi connectivity index (χ2n) is 6.25. The highest BCUT2D eigenvalue weighted by molar-refractivity contribution is 7.08. The van der Waals surface area contributed by atoms with Crippen molar-refractivity contribution in [3.63, 3.8) is 0 Å². The van der Waals surface area contributed by atoms with Crippen LogP contribution in [0.5, 0.6) is 0 Å². The van der Waals surface area contributed by atoms with E-state index in [0.29, 0.717) is 25.1 Å². The summed E-state index contributed by atoms with van der Waals surface area (Å²) in [6.45, 7) is 1.17. The molecular formula is C16H22FN3O2S. The number of likely N-dealkylation sites (tertiary alicyclic amines) is 1. The van der Waals surface area contributed by atoms with Crippen LogP contribution in [0.4, 0.5) is 9.18 Å². The fourth-order valence-corrected chi connectivity index (χ4v) is 3.85. The van der Waals surface area contributed by atoms with Gasteiger partial charge in [-0.3, -0.25) is 4.79 Å². The van der Waals surface area contributed by atoms with Gasteiger partial charge in [0.1, 0.15) is 6.17 Å². The van der Waals surface area contributed by atoms with Crippen molar-refractivity contribution in [1.82, 2.24) is 15.5 Å². The lowest BCUT2D eigenvalue weighted by Gasteiger charge is -2.33. The van der Waals surface area contributed by atoms with Gasteiger partial charge in [0.15, 0.2) is 0 Å². The number of thiophene rings is 1. The Morgan fingerprint density at radius 3 is 2.57 bits per heavy atom. The maximum atomic E-state index is 13.6. The van der Waals surface area contributed by atoms with Crippen molar-refractivity contribution in [2.75, 3.05) is 13.1 Å². The van der Waals surface area contributed by atoms with E-state index in [1.807, 2.05) is 10.8 Å². The Labute approximate surface area is 139 Å². The molecule has 2 aliphatic rings. The molecule has 0 aromatic carbocycles. The summed E-state index contributed by atoms with van der Waals surface area (Å²) in [4.78, 5) is 25.9. The summed E-state index contributed by atoms with van der Waals surface area (Å²) < 4.78 is 13.6. The number of hydrogen-bond acceptors (Lipinski definition) is 3. The Bertz CT molecular complexity index is 544. The third kappa shape index (κ3) is 4.02. The summed E-state index contributed by atoms with van der Waals surface area (Å²) in [6.07, 6.45) is 2.64. The highest BCUT2D eigenvalue weighted by Crippen LogP contribution is 2.22. The minimum absolute atomic E-state index is 0.0552. The van der Waals surface area contributed by atoms with Crippen LogP contribution in [0.1, 0.15) is 42.5 Å². The van der Waals surface area contributed by atoms with Gasteiger partial charge in [0, 0.05) is 30.1 Å². The lowest BCUT2D eigenvalue weighted by Crippen LogP contribution is -2.52. The van der Waals surface area contributed by atoms with Crippen LogP contribution in [-0.2, 0) is 0 Å². The zero-order valence-corrected chi connectivity index (χ0v) is 13.8. The first-order valence-corrected chi connectivity index (χ1v) is 9.10. The van der Waals surface area contributed by atoms with Crippen molar-refractivity contribution in [1.29, 1.82) is 0 Å². The van der Waals surface area contributed by atoms with Crippen LogP contribution in [0.2, 0.25) is 0 Å². The molecule has 0 spiro atoms. The SMILES string of the molecule is O=C(NC1CCN(C(=O)N[C@H]2CCC[C@H]2F)CC1)c1ccsc1. The van der Waals surface area contributed by atoms with Crippen LogP contribution in [0.25, 0.3) is 0 Å². The minimum Gasteiger partial charge on any atom is -0.349 e. The largest absolute Gasteiger partial charge is 0.349 e. The van der Waals surface area contributed by atoms with Gasteiger partial charge in [-0.15, -0.1) is 0 Å². The molecule has 2 atom stereocenters. The van der Waals surface area contributed by atoms with Gasteiger partial charge in [-0.1, -0.05) is 0 Å². The number of hydrogen-bond donors (Lipinski definition) is 2. The van der Waals surface area contributed by atoms with Crippen LogP contribution < -0.4 is 10.6 Å². The Kier molecular flexibility index (Phi) is 5.15. The molecule has 126 valence electrons. The molecule has 1 aliphatic carbocycles. The highest BCUT2D eigenvalue weighted by Gasteiger charge is 2.31. The summed E-state index contributed by atoms with van der Waals surface area (Å²) in [5.74, 6) is -0.0552. The van der Waals surface area contributed by atoms with E-state index in [4.69, 9.17) is 0 Å². The molecule has 2 heterocycles. The molecule has 5 nitrogen and oxygen atoms in total. The minimum atomic E-state index is -0.915. The molecule has 2 fully saturated rings. The van der Waals surface area contributed by atoms with Gasteiger partial charge in [-0.05, 0) is 43.6 Å². The van der Waals surface area contributed by atoms with E-state index in [9.17, 15) is 14.0 Å². The molecule has 0 unspecified atom stereocenters. The van der Waals surface area contributed by atoms with E-state index in [1.165, 1.54) is 11.3 Å². The third-order valence-corrected chi connectivity index (χ3v) is 5.32. The number of carbonyl (C=O) groups is 2. The van der Waals surface area contributed by atoms with Gasteiger partial charge < -0.3 is 15.5 Å². The van der Waals surface area contributed by atoms with Gasteiger partial charge in [-0.25, -0.2) is 9.18 Å². The highest BCUT2D eigenvalue weighted by atomic mass is 32.1. The average Bonchev–Trinajstić information content (AvgIpc) is 3.20. The van der Waals surface area contributed by atoms with Crippen molar-refractivity contribution in [3.8, 4) is 0 Å². The number of carbonyl (C=O) groups excluding carboxylic acids is 2. The Hall–Kier alpha value is -1.63. The number of alkyl halides is 1. The summed E-state index contributed by atoms with van der Waals surface area (Å²) in [5.41, 5.74) is 0.686. The normalized spacial score (nSPS) is 25.3. The second kappa shape index (κ2) is 7.29. The molecule has 7 heteroatoms. The molecule has 1 aromatic rings. The van der Waals surface area contributed by atoms with Gasteiger partial charge >= 0.3 is 6.03 Å². The zero-order valence-electron chi connectivity index (χ0n) is 13.0. The van der Waals surface area contributed by atoms with E-state index < -0.39 is 6.17 Å². The van der Waals surface area contributed by atoms with Crippen LogP contribution in [0.15, 0.2) is 16.8 Å². The first-order chi connectivity index (χ1) is 11.1. The molecule has 1 aromatic heterocycles. The average molecular weight is 339 g/mol. The first kappa shape index (κ1) is 16.2. The van der Waals surface area contributed by atoms with Gasteiger partial charge in [0.05, 0.1) is 6.04 Å². The Balaban J connectivity index is 1.43. The fourth-order valence-electron chi connectivity index (χ4n) is 3.22. The number of halogens is 1. The number of amides is 3. The van der Waals surface area contributed by atoms with E-state index in [2.05, 4.69) is 10.6 Å². The first-order valence-electron chi connectivity index (χ1n) is 8.16. The van der Waals surface area contributed by atoms with Gasteiger partial charge in [-0.2, -0.15) is 11.3 Å². The van der Waals surface area contributed by atoms with Crippen LogP contribution >= 0.6 is 11.3 Å². The van der Waals surface area contributed by atoms with Crippen LogP contribution in [-0.4, -0.2) is 48.2 Å². The van der Waals surface area contributed by atoms with Crippen molar-refractivity contribution in [2.45, 2.75) is 50.4 Å². The topological polar surface area (TPSA) is 61.4 Å². The van der Waals surface area contributed by atoms with E-state index in [1.54, 1.807) is 11.0 Å². The maximum absolute atomic E-state index is 13.6. The zero-order chi connectivity index (χ0) is 16.2. The number of rotatable bonds is 3. The lowest BCUT2D eigenvalue weighted by atomic mass is 10.0. The van der Waals surface area contributed by atoms with Crippen molar-refractivity contribution in [3.05, 3.63) is 22.4 Å². The predicted octanol–water partition coefficient (Wildman–Crippen LogP) is 2.54. The van der Waals surface area contributed by atoms with Crippen LogP contribution in [0, 0.1) is 0 Å². The second-order valence-corrected chi connectivity index (χ2v) is 7.03. The molecule has 0 bridgehead atoms. The van der Waals surface area contributed by atoms with Crippen molar-refractivity contribution < 1.29 is 14.0 Å². The summed E-state index contributed by atoms with van der Waals surface area (Å²) in [6, 6.07) is 1.38. The van der Waals surface area contributed by atoms with Crippen molar-refractivity contribution >= 4 is 23.3 Å². The molecule has 3 rings (SSSR count). The van der Waals surface area contributed by atoms with E-state index >= 15 is 0 Å². The molecule has 2 N–H and O–H groups in total. The molecule has 1 saturated heterocycles. The van der Waals surface area contributed by atoms with Gasteiger partial charge in [0.2, 0.25) is 0 Å². The van der Waals surface area contributed by atoms with Gasteiger partial charge in [0.25, 0.3) is 5.91 Å². The number of nitrogens with zero attached hydrogens (tertiary/aromatic N) is 1.